The van der Waals surface area contributed by atoms with E-state index in [1.807, 2.05) is 19.1 Å². The van der Waals surface area contributed by atoms with E-state index in [1.54, 1.807) is 12.1 Å². The molecule has 2 rings (SSSR count). The molecule has 0 radical (unpaired) electrons. The number of aromatic nitrogens is 2. The van der Waals surface area contributed by atoms with Crippen LogP contribution in [0.4, 0.5) is 0 Å². The van der Waals surface area contributed by atoms with Crippen molar-refractivity contribution in [2.45, 2.75) is 19.4 Å². The molecule has 0 bridgehead atoms. The molecular formula is C11H12ClN3O. The van der Waals surface area contributed by atoms with Gasteiger partial charge in [-0.3, -0.25) is 0 Å². The molecule has 0 aliphatic heterocycles. The summed E-state index contributed by atoms with van der Waals surface area (Å²) in [5, 5.41) is 8.56. The van der Waals surface area contributed by atoms with E-state index in [9.17, 15) is 0 Å². The Kier molecular flexibility index (Phi) is 3.22. The first-order valence-electron chi connectivity index (χ1n) is 4.99. The molecule has 1 heterocycles. The molecule has 0 aliphatic rings. The van der Waals surface area contributed by atoms with Gasteiger partial charge in [-0.2, -0.15) is 0 Å². The van der Waals surface area contributed by atoms with Gasteiger partial charge in [0.25, 0.3) is 0 Å². The summed E-state index contributed by atoms with van der Waals surface area (Å²) in [4.78, 5) is 0. The summed E-state index contributed by atoms with van der Waals surface area (Å²) in [6, 6.07) is 7.26. The number of hydrogen-bond acceptors (Lipinski definition) is 4. The van der Waals surface area contributed by atoms with Crippen LogP contribution < -0.4 is 5.73 Å². The van der Waals surface area contributed by atoms with E-state index >= 15 is 0 Å². The zero-order valence-electron chi connectivity index (χ0n) is 8.85. The van der Waals surface area contributed by atoms with Crippen LogP contribution in [-0.2, 0) is 6.42 Å². The summed E-state index contributed by atoms with van der Waals surface area (Å²) < 4.78 is 5.48. The average molecular weight is 238 g/mol. The molecule has 5 heteroatoms. The summed E-state index contributed by atoms with van der Waals surface area (Å²) in [5.74, 6) is 1.05. The molecule has 0 spiro atoms. The van der Waals surface area contributed by atoms with Gasteiger partial charge < -0.3 is 10.2 Å². The fraction of sp³-hybridized carbons (Fsp3) is 0.273. The molecular weight excluding hydrogens is 226 g/mol. The lowest BCUT2D eigenvalue weighted by molar-refractivity contribution is 0.487. The van der Waals surface area contributed by atoms with Gasteiger partial charge >= 0.3 is 0 Å². The van der Waals surface area contributed by atoms with Crippen molar-refractivity contribution >= 4 is 11.6 Å². The van der Waals surface area contributed by atoms with Gasteiger partial charge in [-0.1, -0.05) is 11.6 Å². The fourth-order valence-corrected chi connectivity index (χ4v) is 1.45. The largest absolute Gasteiger partial charge is 0.421 e. The predicted molar refractivity (Wildman–Crippen MR) is 62.1 cm³/mol. The first-order chi connectivity index (χ1) is 7.65. The van der Waals surface area contributed by atoms with Gasteiger partial charge in [0.15, 0.2) is 0 Å². The number of benzene rings is 1. The van der Waals surface area contributed by atoms with Crippen LogP contribution in [0.2, 0.25) is 5.02 Å². The molecule has 1 atom stereocenters. The number of rotatable bonds is 3. The van der Waals surface area contributed by atoms with Gasteiger partial charge in [0.1, 0.15) is 0 Å². The average Bonchev–Trinajstić information content (AvgIpc) is 2.66. The summed E-state index contributed by atoms with van der Waals surface area (Å²) >= 11 is 5.79. The number of nitrogens with zero attached hydrogens (tertiary/aromatic N) is 2. The molecule has 4 nitrogen and oxygen atoms in total. The third kappa shape index (κ3) is 2.59. The van der Waals surface area contributed by atoms with Crippen LogP contribution in [0.1, 0.15) is 12.8 Å². The normalized spacial score (nSPS) is 12.7. The molecule has 1 aromatic carbocycles. The fourth-order valence-electron chi connectivity index (χ4n) is 1.32. The molecule has 0 aliphatic carbocycles. The number of halogens is 1. The maximum Gasteiger partial charge on any atom is 0.247 e. The van der Waals surface area contributed by atoms with Crippen LogP contribution in [0.5, 0.6) is 0 Å². The molecule has 0 saturated carbocycles. The molecule has 2 N–H and O–H groups in total. The molecule has 0 amide bonds. The maximum atomic E-state index is 5.79. The molecule has 16 heavy (non-hydrogen) atoms. The topological polar surface area (TPSA) is 64.9 Å². The van der Waals surface area contributed by atoms with Gasteiger partial charge in [-0.15, -0.1) is 10.2 Å². The quantitative estimate of drug-likeness (QED) is 0.890. The van der Waals surface area contributed by atoms with Crippen molar-refractivity contribution in [2.75, 3.05) is 0 Å². The SMILES string of the molecule is CC(N)Cc1nnc(-c2ccc(Cl)cc2)o1. The van der Waals surface area contributed by atoms with Crippen molar-refractivity contribution in [1.82, 2.24) is 10.2 Å². The van der Waals surface area contributed by atoms with Crippen LogP contribution in [0.15, 0.2) is 28.7 Å². The molecule has 2 aromatic rings. The second kappa shape index (κ2) is 4.63. The first-order valence-corrected chi connectivity index (χ1v) is 5.37. The minimum Gasteiger partial charge on any atom is -0.421 e. The van der Waals surface area contributed by atoms with E-state index in [1.165, 1.54) is 0 Å². The van der Waals surface area contributed by atoms with Crippen molar-refractivity contribution < 1.29 is 4.42 Å². The molecule has 84 valence electrons. The monoisotopic (exact) mass is 237 g/mol. The zero-order chi connectivity index (χ0) is 11.5. The maximum absolute atomic E-state index is 5.79. The lowest BCUT2D eigenvalue weighted by Crippen LogP contribution is -2.17. The van der Waals surface area contributed by atoms with Crippen LogP contribution in [0.25, 0.3) is 11.5 Å². The highest BCUT2D eigenvalue weighted by Gasteiger charge is 2.09. The third-order valence-corrected chi connectivity index (χ3v) is 2.31. The summed E-state index contributed by atoms with van der Waals surface area (Å²) in [6.07, 6.45) is 0.584. The third-order valence-electron chi connectivity index (χ3n) is 2.05. The van der Waals surface area contributed by atoms with E-state index < -0.39 is 0 Å². The lowest BCUT2D eigenvalue weighted by Gasteiger charge is -1.98. The summed E-state index contributed by atoms with van der Waals surface area (Å²) in [7, 11) is 0. The first kappa shape index (κ1) is 11.1. The van der Waals surface area contributed by atoms with Gasteiger partial charge in [-0.25, -0.2) is 0 Å². The Labute approximate surface area is 98.4 Å². The van der Waals surface area contributed by atoms with Gasteiger partial charge in [0, 0.05) is 23.0 Å². The Morgan fingerprint density at radius 3 is 2.62 bits per heavy atom. The van der Waals surface area contributed by atoms with Crippen molar-refractivity contribution in [3.8, 4) is 11.5 Å². The highest BCUT2D eigenvalue weighted by Crippen LogP contribution is 2.20. The van der Waals surface area contributed by atoms with Crippen LogP contribution in [-0.4, -0.2) is 16.2 Å². The van der Waals surface area contributed by atoms with Crippen molar-refractivity contribution in [3.63, 3.8) is 0 Å². The molecule has 0 saturated heterocycles. The van der Waals surface area contributed by atoms with Crippen LogP contribution in [0.3, 0.4) is 0 Å². The Bertz CT molecular complexity index is 464. The van der Waals surface area contributed by atoms with E-state index in [2.05, 4.69) is 10.2 Å². The number of nitrogens with two attached hydrogens (primary N) is 1. The van der Waals surface area contributed by atoms with Crippen LogP contribution >= 0.6 is 11.6 Å². The zero-order valence-corrected chi connectivity index (χ0v) is 9.61. The Morgan fingerprint density at radius 2 is 2.00 bits per heavy atom. The highest BCUT2D eigenvalue weighted by molar-refractivity contribution is 6.30. The molecule has 1 unspecified atom stereocenters. The van der Waals surface area contributed by atoms with Crippen molar-refractivity contribution in [2.24, 2.45) is 5.73 Å². The lowest BCUT2D eigenvalue weighted by atomic mass is 10.2. The van der Waals surface area contributed by atoms with E-state index in [-0.39, 0.29) is 6.04 Å². The van der Waals surface area contributed by atoms with Crippen molar-refractivity contribution in [3.05, 3.63) is 35.2 Å². The standard InChI is InChI=1S/C11H12ClN3O/c1-7(13)6-10-14-15-11(16-10)8-2-4-9(12)5-3-8/h2-5,7H,6,13H2,1H3. The molecule has 0 fully saturated rings. The summed E-state index contributed by atoms with van der Waals surface area (Å²) in [5.41, 5.74) is 6.50. The van der Waals surface area contributed by atoms with E-state index in [4.69, 9.17) is 21.8 Å². The van der Waals surface area contributed by atoms with E-state index in [0.29, 0.717) is 23.2 Å². The minimum atomic E-state index is 0.0125. The van der Waals surface area contributed by atoms with Crippen LogP contribution in [0, 0.1) is 0 Å². The Balaban J connectivity index is 2.21. The Morgan fingerprint density at radius 1 is 1.31 bits per heavy atom. The van der Waals surface area contributed by atoms with Gasteiger partial charge in [0.2, 0.25) is 11.8 Å². The minimum absolute atomic E-state index is 0.0125. The summed E-state index contributed by atoms with van der Waals surface area (Å²) in [6.45, 7) is 1.90. The van der Waals surface area contributed by atoms with E-state index in [0.717, 1.165) is 5.56 Å². The number of hydrogen-bond donors (Lipinski definition) is 1. The van der Waals surface area contributed by atoms with Gasteiger partial charge in [0.05, 0.1) is 0 Å². The second-order valence-corrected chi connectivity index (χ2v) is 4.13. The van der Waals surface area contributed by atoms with Gasteiger partial charge in [-0.05, 0) is 31.2 Å². The highest BCUT2D eigenvalue weighted by atomic mass is 35.5. The van der Waals surface area contributed by atoms with Crippen molar-refractivity contribution in [1.29, 1.82) is 0 Å². The predicted octanol–water partition coefficient (Wildman–Crippen LogP) is 2.28. The second-order valence-electron chi connectivity index (χ2n) is 3.69. The Hall–Kier alpha value is -1.39. The molecule has 1 aromatic heterocycles. The smallest absolute Gasteiger partial charge is 0.247 e.